The zero-order valence-electron chi connectivity index (χ0n) is 16.5. The van der Waals surface area contributed by atoms with Crippen molar-refractivity contribution in [2.24, 2.45) is 0 Å². The maximum absolute atomic E-state index is 13.0. The van der Waals surface area contributed by atoms with E-state index in [4.69, 9.17) is 0 Å². The van der Waals surface area contributed by atoms with Gasteiger partial charge >= 0.3 is 0 Å². The molecule has 1 aliphatic rings. The monoisotopic (exact) mass is 447 g/mol. The van der Waals surface area contributed by atoms with Gasteiger partial charge in [-0.3, -0.25) is 15.0 Å². The Balaban J connectivity index is 1.61. The van der Waals surface area contributed by atoms with E-state index in [1.54, 1.807) is 18.4 Å². The van der Waals surface area contributed by atoms with Gasteiger partial charge in [0.15, 0.2) is 0 Å². The molecule has 1 N–H and O–H groups in total. The smallest absolute Gasteiger partial charge is 0.281 e. The summed E-state index contributed by atoms with van der Waals surface area (Å²) >= 11 is 1.35. The fraction of sp³-hybridized carbons (Fsp3) is 0.316. The molecule has 3 heterocycles. The van der Waals surface area contributed by atoms with Gasteiger partial charge in [0, 0.05) is 31.7 Å². The van der Waals surface area contributed by atoms with Crippen LogP contribution in [0.25, 0.3) is 10.2 Å². The highest BCUT2D eigenvalue weighted by Crippen LogP contribution is 2.19. The van der Waals surface area contributed by atoms with Crippen molar-refractivity contribution >= 4 is 37.5 Å². The van der Waals surface area contributed by atoms with E-state index >= 15 is 0 Å². The molecule has 1 fully saturated rings. The van der Waals surface area contributed by atoms with Crippen LogP contribution in [0.1, 0.15) is 16.2 Å². The summed E-state index contributed by atoms with van der Waals surface area (Å²) in [4.78, 5) is 32.5. The third-order valence-electron chi connectivity index (χ3n) is 5.07. The number of aromatic nitrogens is 2. The number of nitrogens with zero attached hydrogens (tertiary/aromatic N) is 4. The molecule has 1 saturated heterocycles. The minimum absolute atomic E-state index is 0.0511. The first-order valence-corrected chi connectivity index (χ1v) is 11.7. The van der Waals surface area contributed by atoms with Crippen LogP contribution in [0.15, 0.2) is 45.4 Å². The lowest BCUT2D eigenvalue weighted by Gasteiger charge is -2.31. The number of carbonyl (C=O) groups is 1. The Morgan fingerprint density at radius 2 is 1.90 bits per heavy atom. The molecule has 0 bridgehead atoms. The number of thiophene rings is 1. The second kappa shape index (κ2) is 7.91. The molecule has 158 valence electrons. The summed E-state index contributed by atoms with van der Waals surface area (Å²) in [6, 6.07) is 7.49. The third-order valence-corrected chi connectivity index (χ3v) is 7.78. The highest BCUT2D eigenvalue weighted by molar-refractivity contribution is 7.89. The van der Waals surface area contributed by atoms with Crippen molar-refractivity contribution < 1.29 is 13.2 Å². The van der Waals surface area contributed by atoms with Crippen LogP contribution < -0.4 is 11.0 Å². The highest BCUT2D eigenvalue weighted by atomic mass is 32.2. The van der Waals surface area contributed by atoms with Crippen molar-refractivity contribution in [2.45, 2.75) is 11.8 Å². The first-order valence-electron chi connectivity index (χ1n) is 9.34. The molecule has 2 aromatic heterocycles. The molecule has 0 unspecified atom stereocenters. The molecule has 0 radical (unpaired) electrons. The number of piperazine rings is 1. The molecule has 3 aromatic rings. The summed E-state index contributed by atoms with van der Waals surface area (Å²) in [5.41, 5.74) is 2.29. The van der Waals surface area contributed by atoms with Crippen molar-refractivity contribution in [2.75, 3.05) is 38.7 Å². The van der Waals surface area contributed by atoms with E-state index in [1.165, 1.54) is 39.9 Å². The van der Waals surface area contributed by atoms with E-state index in [0.717, 1.165) is 4.68 Å². The normalized spacial score (nSPS) is 16.1. The average Bonchev–Trinajstić information content (AvgIpc) is 3.20. The summed E-state index contributed by atoms with van der Waals surface area (Å²) < 4.78 is 28.4. The molecule has 1 aromatic carbocycles. The third kappa shape index (κ3) is 3.76. The number of hydrogen-bond acceptors (Lipinski definition) is 7. The van der Waals surface area contributed by atoms with Gasteiger partial charge in [-0.25, -0.2) is 18.1 Å². The van der Waals surface area contributed by atoms with Crippen LogP contribution in [0, 0.1) is 6.92 Å². The summed E-state index contributed by atoms with van der Waals surface area (Å²) in [5.74, 6) is -0.253. The number of rotatable bonds is 4. The highest BCUT2D eigenvalue weighted by Gasteiger charge is 2.28. The van der Waals surface area contributed by atoms with Crippen molar-refractivity contribution in [1.29, 1.82) is 0 Å². The number of benzene rings is 1. The molecule has 0 aliphatic carbocycles. The lowest BCUT2D eigenvalue weighted by atomic mass is 10.2. The number of carbonyl (C=O) groups excluding carboxylic acids is 1. The standard InChI is InChI=1S/C19H21N5O4S2/c1-13-20-18-16(6-11-29-18)19(26)24(13)21-17(25)14-4-3-5-15(12-14)30(27,28)23-9-7-22(2)8-10-23/h3-6,11-12H,7-10H2,1-2H3,(H,21,25). The van der Waals surface area contributed by atoms with E-state index in [9.17, 15) is 18.0 Å². The van der Waals surface area contributed by atoms with Gasteiger partial charge in [0.25, 0.3) is 11.5 Å². The topological polar surface area (TPSA) is 105 Å². The van der Waals surface area contributed by atoms with Crippen LogP contribution in [-0.2, 0) is 10.0 Å². The lowest BCUT2D eigenvalue weighted by Crippen LogP contribution is -2.47. The van der Waals surface area contributed by atoms with Gasteiger partial charge in [0.05, 0.1) is 10.3 Å². The van der Waals surface area contributed by atoms with Crippen molar-refractivity contribution in [1.82, 2.24) is 18.9 Å². The molecule has 1 aliphatic heterocycles. The van der Waals surface area contributed by atoms with Gasteiger partial charge < -0.3 is 4.90 Å². The van der Waals surface area contributed by atoms with E-state index in [1.807, 2.05) is 7.05 Å². The Morgan fingerprint density at radius 1 is 1.17 bits per heavy atom. The molecule has 4 rings (SSSR count). The van der Waals surface area contributed by atoms with Gasteiger partial charge in [0.2, 0.25) is 10.0 Å². The number of aryl methyl sites for hydroxylation is 1. The zero-order chi connectivity index (χ0) is 21.5. The van der Waals surface area contributed by atoms with Gasteiger partial charge in [-0.15, -0.1) is 11.3 Å². The minimum Gasteiger partial charge on any atom is -0.304 e. The maximum Gasteiger partial charge on any atom is 0.281 e. The maximum atomic E-state index is 13.0. The summed E-state index contributed by atoms with van der Waals surface area (Å²) in [5, 5.41) is 2.18. The lowest BCUT2D eigenvalue weighted by molar-refractivity contribution is 0.101. The molecule has 0 saturated carbocycles. The van der Waals surface area contributed by atoms with Crippen LogP contribution >= 0.6 is 11.3 Å². The molecule has 30 heavy (non-hydrogen) atoms. The number of likely N-dealkylation sites (N-methyl/N-ethyl adjacent to an activating group) is 1. The van der Waals surface area contributed by atoms with E-state index in [0.29, 0.717) is 42.2 Å². The Hall–Kier alpha value is -2.60. The Bertz CT molecular complexity index is 1270. The second-order valence-corrected chi connectivity index (χ2v) is 9.95. The van der Waals surface area contributed by atoms with Crippen LogP contribution in [0.3, 0.4) is 0 Å². The van der Waals surface area contributed by atoms with Crippen molar-refractivity contribution in [3.63, 3.8) is 0 Å². The fourth-order valence-corrected chi connectivity index (χ4v) is 5.56. The molecule has 0 atom stereocenters. The predicted octanol–water partition coefficient (Wildman–Crippen LogP) is 1.09. The quantitative estimate of drug-likeness (QED) is 0.642. The van der Waals surface area contributed by atoms with E-state index in [2.05, 4.69) is 15.3 Å². The number of sulfonamides is 1. The average molecular weight is 448 g/mol. The summed E-state index contributed by atoms with van der Waals surface area (Å²) in [6.07, 6.45) is 0. The van der Waals surface area contributed by atoms with Crippen LogP contribution in [0.2, 0.25) is 0 Å². The molecule has 1 amide bonds. The number of fused-ring (bicyclic) bond motifs is 1. The van der Waals surface area contributed by atoms with Gasteiger partial charge in [-0.05, 0) is 43.6 Å². The molecule has 0 spiro atoms. The van der Waals surface area contributed by atoms with Gasteiger partial charge in [-0.1, -0.05) is 6.07 Å². The first kappa shape index (κ1) is 20.7. The SMILES string of the molecule is Cc1nc2sccc2c(=O)n1NC(=O)c1cccc(S(=O)(=O)N2CCN(C)CC2)c1. The van der Waals surface area contributed by atoms with Crippen molar-refractivity contribution in [3.8, 4) is 0 Å². The molecule has 9 nitrogen and oxygen atoms in total. The summed E-state index contributed by atoms with van der Waals surface area (Å²) in [7, 11) is -1.76. The first-order chi connectivity index (χ1) is 14.3. The number of amides is 1. The Morgan fingerprint density at radius 3 is 2.63 bits per heavy atom. The van der Waals surface area contributed by atoms with Crippen LogP contribution in [0.5, 0.6) is 0 Å². The second-order valence-electron chi connectivity index (χ2n) is 7.12. The molecule has 11 heteroatoms. The fourth-order valence-electron chi connectivity index (χ4n) is 3.29. The number of nitrogens with one attached hydrogen (secondary N) is 1. The van der Waals surface area contributed by atoms with Crippen LogP contribution in [-0.4, -0.2) is 66.4 Å². The van der Waals surface area contributed by atoms with Crippen LogP contribution in [0.4, 0.5) is 0 Å². The minimum atomic E-state index is -3.70. The molecular weight excluding hydrogens is 426 g/mol. The van der Waals surface area contributed by atoms with E-state index in [-0.39, 0.29) is 16.0 Å². The van der Waals surface area contributed by atoms with E-state index < -0.39 is 15.9 Å². The Labute approximate surface area is 177 Å². The zero-order valence-corrected chi connectivity index (χ0v) is 18.2. The largest absolute Gasteiger partial charge is 0.304 e. The van der Waals surface area contributed by atoms with Gasteiger partial charge in [0.1, 0.15) is 10.7 Å². The van der Waals surface area contributed by atoms with Crippen molar-refractivity contribution in [3.05, 3.63) is 57.5 Å². The predicted molar refractivity (Wildman–Crippen MR) is 115 cm³/mol. The van der Waals surface area contributed by atoms with Gasteiger partial charge in [-0.2, -0.15) is 4.31 Å². The number of hydrogen-bond donors (Lipinski definition) is 1. The molecular formula is C19H21N5O4S2. The Kier molecular flexibility index (Phi) is 5.45. The summed E-state index contributed by atoms with van der Waals surface area (Å²) in [6.45, 7) is 3.72.